The van der Waals surface area contributed by atoms with Gasteiger partial charge in [-0.2, -0.15) is 10.1 Å². The summed E-state index contributed by atoms with van der Waals surface area (Å²) in [7, 11) is 1.56. The number of benzene rings is 2. The van der Waals surface area contributed by atoms with E-state index in [0.717, 1.165) is 5.56 Å². The summed E-state index contributed by atoms with van der Waals surface area (Å²) in [5, 5.41) is 7.98. The number of anilines is 1. The number of amides is 1. The van der Waals surface area contributed by atoms with E-state index in [4.69, 9.17) is 32.7 Å². The highest BCUT2D eigenvalue weighted by Gasteiger charge is 2.31. The normalized spacial score (nSPS) is 15.7. The molecular formula is C19H16Cl2N4O3. The van der Waals surface area contributed by atoms with Gasteiger partial charge in [-0.15, -0.1) is 0 Å². The molecule has 1 atom stereocenters. The molecule has 2 aromatic carbocycles. The smallest absolute Gasteiger partial charge is 0.229 e. The van der Waals surface area contributed by atoms with E-state index in [1.54, 1.807) is 36.1 Å². The average molecular weight is 419 g/mol. The molecule has 144 valence electrons. The minimum Gasteiger partial charge on any atom is -0.493 e. The van der Waals surface area contributed by atoms with Gasteiger partial charge < -0.3 is 9.47 Å². The standard InChI is InChI=1S/C19H16Cl2N4O3/c1-27-16-7-2-4-11(15-8-17(26)24-19-22-10-23-25(15)19)18(16)28-9-12-13(20)5-3-6-14(12)21/h2-7,10,15H,8-9H2,1H3,(H,22,23,24,26). The molecule has 0 saturated carbocycles. The molecule has 1 aromatic heterocycles. The number of halogens is 2. The molecule has 1 aliphatic heterocycles. The van der Waals surface area contributed by atoms with E-state index >= 15 is 0 Å². The average Bonchev–Trinajstić information content (AvgIpc) is 3.15. The van der Waals surface area contributed by atoms with Crippen molar-refractivity contribution in [3.8, 4) is 11.5 Å². The van der Waals surface area contributed by atoms with Crippen molar-refractivity contribution in [2.75, 3.05) is 12.4 Å². The number of rotatable bonds is 5. The number of para-hydroxylation sites is 1. The van der Waals surface area contributed by atoms with Crippen LogP contribution in [0.3, 0.4) is 0 Å². The first-order valence-electron chi connectivity index (χ1n) is 8.50. The maximum absolute atomic E-state index is 12.1. The second kappa shape index (κ2) is 7.69. The molecule has 4 rings (SSSR count). The lowest BCUT2D eigenvalue weighted by molar-refractivity contribution is -0.117. The van der Waals surface area contributed by atoms with Gasteiger partial charge in [-0.3, -0.25) is 10.1 Å². The SMILES string of the molecule is COc1cccc(C2CC(=O)Nc3ncnn32)c1OCc1c(Cl)cccc1Cl. The zero-order chi connectivity index (χ0) is 19.7. The Kier molecular flexibility index (Phi) is 5.11. The van der Waals surface area contributed by atoms with Crippen LogP contribution in [0.5, 0.6) is 11.5 Å². The van der Waals surface area contributed by atoms with Gasteiger partial charge in [-0.05, 0) is 18.2 Å². The molecule has 1 amide bonds. The molecule has 0 fully saturated rings. The summed E-state index contributed by atoms with van der Waals surface area (Å²) in [6.07, 6.45) is 1.60. The Bertz CT molecular complexity index is 1020. The number of ether oxygens (including phenoxy) is 2. The quantitative estimate of drug-likeness (QED) is 0.674. The van der Waals surface area contributed by atoms with Crippen molar-refractivity contribution >= 4 is 35.1 Å². The van der Waals surface area contributed by atoms with E-state index in [9.17, 15) is 4.79 Å². The number of hydrogen-bond acceptors (Lipinski definition) is 5. The van der Waals surface area contributed by atoms with E-state index in [0.29, 0.717) is 33.1 Å². The lowest BCUT2D eigenvalue weighted by Gasteiger charge is -2.26. The second-order valence-corrected chi connectivity index (χ2v) is 6.98. The summed E-state index contributed by atoms with van der Waals surface area (Å²) in [5.74, 6) is 1.29. The molecule has 0 saturated heterocycles. The van der Waals surface area contributed by atoms with Gasteiger partial charge in [0, 0.05) is 21.2 Å². The highest BCUT2D eigenvalue weighted by Crippen LogP contribution is 2.40. The first kappa shape index (κ1) is 18.6. The molecule has 1 unspecified atom stereocenters. The summed E-state index contributed by atoms with van der Waals surface area (Å²) in [6, 6.07) is 10.4. The van der Waals surface area contributed by atoms with E-state index in [2.05, 4.69) is 15.4 Å². The predicted molar refractivity (Wildman–Crippen MR) is 105 cm³/mol. The van der Waals surface area contributed by atoms with Crippen LogP contribution in [0.4, 0.5) is 5.95 Å². The molecule has 1 N–H and O–H groups in total. The Morgan fingerprint density at radius 3 is 2.71 bits per heavy atom. The first-order chi connectivity index (χ1) is 13.6. The van der Waals surface area contributed by atoms with Crippen molar-refractivity contribution < 1.29 is 14.3 Å². The summed E-state index contributed by atoms with van der Waals surface area (Å²) >= 11 is 12.5. The Labute approximate surface area is 171 Å². The van der Waals surface area contributed by atoms with Crippen LogP contribution in [0.15, 0.2) is 42.7 Å². The number of methoxy groups -OCH3 is 1. The summed E-state index contributed by atoms with van der Waals surface area (Å²) < 4.78 is 13.2. The zero-order valence-electron chi connectivity index (χ0n) is 14.9. The van der Waals surface area contributed by atoms with Gasteiger partial charge in [0.25, 0.3) is 0 Å². The molecule has 9 heteroatoms. The maximum Gasteiger partial charge on any atom is 0.229 e. The zero-order valence-corrected chi connectivity index (χ0v) is 16.4. The van der Waals surface area contributed by atoms with Crippen molar-refractivity contribution in [2.24, 2.45) is 0 Å². The van der Waals surface area contributed by atoms with Crippen molar-refractivity contribution in [3.63, 3.8) is 0 Å². The highest BCUT2D eigenvalue weighted by atomic mass is 35.5. The fraction of sp³-hybridized carbons (Fsp3) is 0.211. The van der Waals surface area contributed by atoms with E-state index < -0.39 is 0 Å². The molecule has 0 aliphatic carbocycles. The van der Waals surface area contributed by atoms with Crippen LogP contribution in [0, 0.1) is 0 Å². The van der Waals surface area contributed by atoms with Crippen LogP contribution in [0.1, 0.15) is 23.6 Å². The van der Waals surface area contributed by atoms with Gasteiger partial charge in [0.1, 0.15) is 12.9 Å². The van der Waals surface area contributed by atoms with Gasteiger partial charge in [0.15, 0.2) is 11.5 Å². The van der Waals surface area contributed by atoms with Gasteiger partial charge in [0.05, 0.1) is 19.6 Å². The molecule has 7 nitrogen and oxygen atoms in total. The van der Waals surface area contributed by atoms with Crippen molar-refractivity contribution in [1.29, 1.82) is 0 Å². The van der Waals surface area contributed by atoms with Crippen LogP contribution >= 0.6 is 23.2 Å². The van der Waals surface area contributed by atoms with Crippen LogP contribution in [-0.4, -0.2) is 27.8 Å². The first-order valence-corrected chi connectivity index (χ1v) is 9.26. The molecule has 1 aliphatic rings. The minimum absolute atomic E-state index is 0.145. The fourth-order valence-corrected chi connectivity index (χ4v) is 3.68. The molecule has 28 heavy (non-hydrogen) atoms. The summed E-state index contributed by atoms with van der Waals surface area (Å²) in [6.45, 7) is 0.148. The van der Waals surface area contributed by atoms with Crippen LogP contribution in [0.25, 0.3) is 0 Å². The molecule has 3 aromatic rings. The topological polar surface area (TPSA) is 78.3 Å². The molecule has 0 radical (unpaired) electrons. The summed E-state index contributed by atoms with van der Waals surface area (Å²) in [4.78, 5) is 16.2. The number of carbonyl (C=O) groups is 1. The van der Waals surface area contributed by atoms with E-state index in [-0.39, 0.29) is 25.0 Å². The number of fused-ring (bicyclic) bond motifs is 1. The third-order valence-electron chi connectivity index (χ3n) is 4.51. The highest BCUT2D eigenvalue weighted by molar-refractivity contribution is 6.35. The van der Waals surface area contributed by atoms with Crippen molar-refractivity contribution in [3.05, 3.63) is 63.9 Å². The molecular weight excluding hydrogens is 403 g/mol. The van der Waals surface area contributed by atoms with Gasteiger partial charge in [0.2, 0.25) is 11.9 Å². The Balaban J connectivity index is 1.73. The maximum atomic E-state index is 12.1. The van der Waals surface area contributed by atoms with Crippen molar-refractivity contribution in [1.82, 2.24) is 14.8 Å². The number of nitrogens with one attached hydrogen (secondary N) is 1. The third-order valence-corrected chi connectivity index (χ3v) is 5.22. The van der Waals surface area contributed by atoms with Gasteiger partial charge >= 0.3 is 0 Å². The van der Waals surface area contributed by atoms with E-state index in [1.807, 2.05) is 12.1 Å². The molecule has 0 bridgehead atoms. The third kappa shape index (κ3) is 3.39. The van der Waals surface area contributed by atoms with Crippen LogP contribution in [0.2, 0.25) is 10.0 Å². The Hall–Kier alpha value is -2.77. The van der Waals surface area contributed by atoms with Gasteiger partial charge in [-0.25, -0.2) is 4.68 Å². The largest absolute Gasteiger partial charge is 0.493 e. The Morgan fingerprint density at radius 2 is 1.96 bits per heavy atom. The summed E-state index contributed by atoms with van der Waals surface area (Å²) in [5.41, 5.74) is 1.43. The van der Waals surface area contributed by atoms with Crippen molar-refractivity contribution in [2.45, 2.75) is 19.1 Å². The number of nitrogens with zero attached hydrogens (tertiary/aromatic N) is 3. The molecule has 0 spiro atoms. The fourth-order valence-electron chi connectivity index (χ4n) is 3.17. The lowest BCUT2D eigenvalue weighted by atomic mass is 10.0. The molecule has 2 heterocycles. The second-order valence-electron chi connectivity index (χ2n) is 6.16. The number of hydrogen-bond donors (Lipinski definition) is 1. The van der Waals surface area contributed by atoms with Gasteiger partial charge in [-0.1, -0.05) is 41.4 Å². The number of aromatic nitrogens is 3. The van der Waals surface area contributed by atoms with Crippen LogP contribution in [-0.2, 0) is 11.4 Å². The minimum atomic E-state index is -0.377. The van der Waals surface area contributed by atoms with E-state index in [1.165, 1.54) is 6.33 Å². The van der Waals surface area contributed by atoms with Crippen LogP contribution < -0.4 is 14.8 Å². The predicted octanol–water partition coefficient (Wildman–Crippen LogP) is 4.10. The number of carbonyl (C=O) groups excluding carboxylic acids is 1. The Morgan fingerprint density at radius 1 is 1.21 bits per heavy atom. The lowest BCUT2D eigenvalue weighted by Crippen LogP contribution is -2.29. The monoisotopic (exact) mass is 418 g/mol.